The predicted octanol–water partition coefficient (Wildman–Crippen LogP) is 3.14. The maximum absolute atomic E-state index is 13.1. The Hall–Kier alpha value is -2.79. The predicted molar refractivity (Wildman–Crippen MR) is 108 cm³/mol. The van der Waals surface area contributed by atoms with Gasteiger partial charge in [0.25, 0.3) is 5.56 Å². The van der Waals surface area contributed by atoms with Gasteiger partial charge >= 0.3 is 0 Å². The minimum atomic E-state index is -0.0549. The molecule has 0 spiro atoms. The lowest BCUT2D eigenvalue weighted by Gasteiger charge is -2.15. The van der Waals surface area contributed by atoms with E-state index in [9.17, 15) is 9.59 Å². The van der Waals surface area contributed by atoms with Gasteiger partial charge in [0.05, 0.1) is 11.0 Å². The van der Waals surface area contributed by atoms with Gasteiger partial charge in [0, 0.05) is 18.5 Å². The highest BCUT2D eigenvalue weighted by Gasteiger charge is 2.13. The van der Waals surface area contributed by atoms with E-state index in [1.165, 1.54) is 0 Å². The van der Waals surface area contributed by atoms with Crippen LogP contribution in [0.15, 0.2) is 53.3 Å². The lowest BCUT2D eigenvalue weighted by molar-refractivity contribution is 0.101. The molecule has 0 fully saturated rings. The largest absolute Gasteiger partial charge is 0.309 e. The monoisotopic (exact) mass is 363 g/mol. The highest BCUT2D eigenvalue weighted by Crippen LogP contribution is 2.16. The molecule has 27 heavy (non-hydrogen) atoms. The van der Waals surface area contributed by atoms with Gasteiger partial charge in [-0.05, 0) is 57.7 Å². The molecule has 5 nitrogen and oxygen atoms in total. The van der Waals surface area contributed by atoms with Crippen LogP contribution < -0.4 is 5.56 Å². The molecule has 3 rings (SSSR count). The van der Waals surface area contributed by atoms with Crippen LogP contribution in [0.25, 0.3) is 11.0 Å². The number of benzene rings is 2. The van der Waals surface area contributed by atoms with Crippen LogP contribution in [0, 0.1) is 0 Å². The highest BCUT2D eigenvalue weighted by molar-refractivity contribution is 5.97. The summed E-state index contributed by atoms with van der Waals surface area (Å²) in [5.41, 5.74) is 3.58. The number of rotatable bonds is 7. The van der Waals surface area contributed by atoms with Crippen molar-refractivity contribution in [2.75, 3.05) is 20.6 Å². The summed E-state index contributed by atoms with van der Waals surface area (Å²) in [7, 11) is 4.04. The second kappa shape index (κ2) is 8.27. The molecule has 0 bridgehead atoms. The number of ketones is 1. The van der Waals surface area contributed by atoms with E-state index in [0.29, 0.717) is 29.7 Å². The summed E-state index contributed by atoms with van der Waals surface area (Å²) >= 11 is 0. The van der Waals surface area contributed by atoms with Gasteiger partial charge in [-0.15, -0.1) is 0 Å². The summed E-state index contributed by atoms with van der Waals surface area (Å²) < 4.78 is 1.80. The first kappa shape index (κ1) is 19.0. The van der Waals surface area contributed by atoms with Crippen molar-refractivity contribution in [1.29, 1.82) is 0 Å². The van der Waals surface area contributed by atoms with Gasteiger partial charge in [0.1, 0.15) is 5.69 Å². The van der Waals surface area contributed by atoms with Crippen LogP contribution in [0.5, 0.6) is 0 Å². The van der Waals surface area contributed by atoms with Crippen LogP contribution in [-0.4, -0.2) is 40.9 Å². The average molecular weight is 363 g/mol. The second-order valence-corrected chi connectivity index (χ2v) is 7.09. The molecule has 3 aromatic rings. The van der Waals surface area contributed by atoms with E-state index in [-0.39, 0.29) is 11.3 Å². The number of carbonyl (C=O) groups excluding carboxylic acids is 1. The molecule has 5 heteroatoms. The molecule has 0 aliphatic rings. The SMILES string of the molecule is CC(=O)c1ccc2c(c1)nc(Cc1ccccc1)c(=O)n2CCCN(C)C. The van der Waals surface area contributed by atoms with Gasteiger partial charge in [-0.1, -0.05) is 30.3 Å². The van der Waals surface area contributed by atoms with Crippen molar-refractivity contribution in [2.45, 2.75) is 26.3 Å². The normalized spacial score (nSPS) is 11.3. The van der Waals surface area contributed by atoms with Crippen LogP contribution in [0.3, 0.4) is 0 Å². The third-order valence-electron chi connectivity index (χ3n) is 4.62. The molecule has 0 aliphatic heterocycles. The average Bonchev–Trinajstić information content (AvgIpc) is 2.64. The van der Waals surface area contributed by atoms with Gasteiger partial charge in [-0.2, -0.15) is 0 Å². The molecule has 0 saturated carbocycles. The fraction of sp³-hybridized carbons (Fsp3) is 0.318. The van der Waals surface area contributed by atoms with Gasteiger partial charge in [-0.25, -0.2) is 4.98 Å². The van der Waals surface area contributed by atoms with Gasteiger partial charge in [0.2, 0.25) is 0 Å². The molecular formula is C22H25N3O2. The van der Waals surface area contributed by atoms with E-state index in [1.807, 2.05) is 50.5 Å². The number of fused-ring (bicyclic) bond motifs is 1. The molecule has 2 aromatic carbocycles. The van der Waals surface area contributed by atoms with Crippen LogP contribution in [0.2, 0.25) is 0 Å². The summed E-state index contributed by atoms with van der Waals surface area (Å²) in [6.07, 6.45) is 1.35. The maximum atomic E-state index is 13.1. The molecular weight excluding hydrogens is 338 g/mol. The molecule has 0 aliphatic carbocycles. The number of nitrogens with zero attached hydrogens (tertiary/aromatic N) is 3. The Morgan fingerprint density at radius 3 is 2.52 bits per heavy atom. The molecule has 140 valence electrons. The second-order valence-electron chi connectivity index (χ2n) is 7.09. The van der Waals surface area contributed by atoms with Crippen molar-refractivity contribution in [3.63, 3.8) is 0 Å². The summed E-state index contributed by atoms with van der Waals surface area (Å²) in [6, 6.07) is 15.2. The lowest BCUT2D eigenvalue weighted by Crippen LogP contribution is -2.27. The number of hydrogen-bond donors (Lipinski definition) is 0. The summed E-state index contributed by atoms with van der Waals surface area (Å²) in [6.45, 7) is 3.06. The van der Waals surface area contributed by atoms with Gasteiger partial charge in [0.15, 0.2) is 5.78 Å². The van der Waals surface area contributed by atoms with Crippen molar-refractivity contribution in [3.05, 3.63) is 75.7 Å². The third kappa shape index (κ3) is 4.49. The van der Waals surface area contributed by atoms with E-state index in [1.54, 1.807) is 23.6 Å². The highest BCUT2D eigenvalue weighted by atomic mass is 16.1. The molecule has 0 radical (unpaired) electrons. The smallest absolute Gasteiger partial charge is 0.273 e. The first-order valence-corrected chi connectivity index (χ1v) is 9.19. The Labute approximate surface area is 159 Å². The van der Waals surface area contributed by atoms with Gasteiger partial charge in [-0.3, -0.25) is 9.59 Å². The summed E-state index contributed by atoms with van der Waals surface area (Å²) in [5, 5.41) is 0. The van der Waals surface area contributed by atoms with Crippen LogP contribution in [0.4, 0.5) is 0 Å². The van der Waals surface area contributed by atoms with Crippen molar-refractivity contribution in [2.24, 2.45) is 0 Å². The Kier molecular flexibility index (Phi) is 5.81. The lowest BCUT2D eigenvalue weighted by atomic mass is 10.1. The zero-order chi connectivity index (χ0) is 19.4. The molecule has 0 atom stereocenters. The Morgan fingerprint density at radius 1 is 1.11 bits per heavy atom. The minimum Gasteiger partial charge on any atom is -0.309 e. The van der Waals surface area contributed by atoms with Crippen molar-refractivity contribution in [1.82, 2.24) is 14.5 Å². The van der Waals surface area contributed by atoms with E-state index in [0.717, 1.165) is 24.0 Å². The molecule has 1 aromatic heterocycles. The van der Waals surface area contributed by atoms with Gasteiger partial charge < -0.3 is 9.47 Å². The molecule has 0 unspecified atom stereocenters. The van der Waals surface area contributed by atoms with Crippen LogP contribution in [-0.2, 0) is 13.0 Å². The Bertz CT molecular complexity index is 1010. The number of aromatic nitrogens is 2. The third-order valence-corrected chi connectivity index (χ3v) is 4.62. The number of hydrogen-bond acceptors (Lipinski definition) is 4. The Balaban J connectivity index is 2.09. The number of aryl methyl sites for hydroxylation is 1. The molecule has 0 amide bonds. The maximum Gasteiger partial charge on any atom is 0.273 e. The molecule has 0 saturated heterocycles. The molecule has 1 heterocycles. The standard InChI is InChI=1S/C22H25N3O2/c1-16(26)18-10-11-21-19(15-18)23-20(14-17-8-5-4-6-9-17)22(27)25(21)13-7-12-24(2)3/h4-6,8-11,15H,7,12-14H2,1-3H3. The van der Waals surface area contributed by atoms with E-state index < -0.39 is 0 Å². The fourth-order valence-electron chi connectivity index (χ4n) is 3.19. The van der Waals surface area contributed by atoms with Crippen LogP contribution in [0.1, 0.15) is 35.0 Å². The van der Waals surface area contributed by atoms with E-state index in [4.69, 9.17) is 0 Å². The number of Topliss-reactive ketones (excluding diaryl/α,β-unsaturated/α-hetero) is 1. The minimum absolute atomic E-state index is 0.00586. The van der Waals surface area contributed by atoms with E-state index in [2.05, 4.69) is 9.88 Å². The zero-order valence-corrected chi connectivity index (χ0v) is 16.1. The quantitative estimate of drug-likeness (QED) is 0.605. The Morgan fingerprint density at radius 2 is 1.85 bits per heavy atom. The molecule has 0 N–H and O–H groups in total. The van der Waals surface area contributed by atoms with Crippen LogP contribution >= 0.6 is 0 Å². The van der Waals surface area contributed by atoms with E-state index >= 15 is 0 Å². The number of carbonyl (C=O) groups is 1. The first-order valence-electron chi connectivity index (χ1n) is 9.19. The summed E-state index contributed by atoms with van der Waals surface area (Å²) in [4.78, 5) is 31.6. The van der Waals surface area contributed by atoms with Crippen molar-refractivity contribution in [3.8, 4) is 0 Å². The summed E-state index contributed by atoms with van der Waals surface area (Å²) in [5.74, 6) is -0.00586. The fourth-order valence-corrected chi connectivity index (χ4v) is 3.19. The van der Waals surface area contributed by atoms with Crippen molar-refractivity contribution < 1.29 is 4.79 Å². The first-order chi connectivity index (χ1) is 13.0. The van der Waals surface area contributed by atoms with Crippen molar-refractivity contribution >= 4 is 16.8 Å². The zero-order valence-electron chi connectivity index (χ0n) is 16.1. The topological polar surface area (TPSA) is 55.2 Å².